The summed E-state index contributed by atoms with van der Waals surface area (Å²) in [6, 6.07) is 9.65. The largest absolute Gasteiger partial charge is 0.362 e. The van der Waals surface area contributed by atoms with Gasteiger partial charge in [0.15, 0.2) is 11.0 Å². The normalized spacial score (nSPS) is 11.8. The Hall–Kier alpha value is -2.12. The van der Waals surface area contributed by atoms with Gasteiger partial charge >= 0.3 is 0 Å². The van der Waals surface area contributed by atoms with Gasteiger partial charge in [-0.3, -0.25) is 0 Å². The highest BCUT2D eigenvalue weighted by atomic mass is 35.5. The molecule has 1 unspecified atom stereocenters. The molecule has 5 heteroatoms. The Labute approximate surface area is 123 Å². The van der Waals surface area contributed by atoms with Gasteiger partial charge in [0, 0.05) is 0 Å². The number of nitrogens with zero attached hydrogens (tertiary/aromatic N) is 3. The van der Waals surface area contributed by atoms with Crippen LogP contribution >= 0.6 is 11.6 Å². The molecule has 102 valence electrons. The molecule has 0 spiro atoms. The molecule has 0 bridgehead atoms. The molecule has 1 N–H and O–H groups in total. The Balaban J connectivity index is 2.21. The van der Waals surface area contributed by atoms with Crippen molar-refractivity contribution in [2.75, 3.05) is 5.32 Å². The van der Waals surface area contributed by atoms with Gasteiger partial charge in [0.05, 0.1) is 17.7 Å². The zero-order valence-electron chi connectivity index (χ0n) is 11.6. The van der Waals surface area contributed by atoms with Crippen LogP contribution < -0.4 is 5.32 Å². The van der Waals surface area contributed by atoms with E-state index in [0.717, 1.165) is 22.5 Å². The molecule has 2 aromatic rings. The van der Waals surface area contributed by atoms with Crippen LogP contribution in [0.3, 0.4) is 0 Å². The first-order valence-electron chi connectivity index (χ1n) is 6.29. The number of aromatic nitrogens is 2. The van der Waals surface area contributed by atoms with Gasteiger partial charge in [-0.1, -0.05) is 23.7 Å². The van der Waals surface area contributed by atoms with Gasteiger partial charge in [-0.15, -0.1) is 10.2 Å². The molecule has 0 radical (unpaired) electrons. The Morgan fingerprint density at radius 1 is 1.15 bits per heavy atom. The summed E-state index contributed by atoms with van der Waals surface area (Å²) < 4.78 is 0. The van der Waals surface area contributed by atoms with Gasteiger partial charge in [-0.25, -0.2) is 0 Å². The maximum Gasteiger partial charge on any atom is 0.155 e. The summed E-state index contributed by atoms with van der Waals surface area (Å²) >= 11 is 5.94. The molecule has 0 aliphatic carbocycles. The van der Waals surface area contributed by atoms with Crippen molar-refractivity contribution in [3.8, 4) is 6.07 Å². The summed E-state index contributed by atoms with van der Waals surface area (Å²) in [6.45, 7) is 5.92. The second kappa shape index (κ2) is 5.89. The molecule has 1 atom stereocenters. The van der Waals surface area contributed by atoms with Crippen molar-refractivity contribution >= 4 is 17.4 Å². The van der Waals surface area contributed by atoms with Crippen molar-refractivity contribution in [3.63, 3.8) is 0 Å². The number of hydrogen-bond acceptors (Lipinski definition) is 4. The van der Waals surface area contributed by atoms with E-state index in [9.17, 15) is 0 Å². The number of nitriles is 1. The Bertz CT molecular complexity index is 659. The van der Waals surface area contributed by atoms with Crippen LogP contribution in [0.1, 0.15) is 35.2 Å². The fourth-order valence-corrected chi connectivity index (χ4v) is 2.03. The molecule has 1 aromatic carbocycles. The van der Waals surface area contributed by atoms with Crippen molar-refractivity contribution < 1.29 is 0 Å². The summed E-state index contributed by atoms with van der Waals surface area (Å²) in [5, 5.41) is 20.6. The number of nitrogens with one attached hydrogen (secondary N) is 1. The van der Waals surface area contributed by atoms with Gasteiger partial charge in [0.1, 0.15) is 0 Å². The summed E-state index contributed by atoms with van der Waals surface area (Å²) in [6.07, 6.45) is 0. The molecular formula is C15H15ClN4. The Morgan fingerprint density at radius 3 is 2.40 bits per heavy atom. The van der Waals surface area contributed by atoms with E-state index in [1.54, 1.807) is 12.1 Å². The van der Waals surface area contributed by atoms with Crippen LogP contribution in [0.5, 0.6) is 0 Å². The van der Waals surface area contributed by atoms with Gasteiger partial charge in [0.25, 0.3) is 0 Å². The van der Waals surface area contributed by atoms with Crippen molar-refractivity contribution in [3.05, 3.63) is 51.7 Å². The number of rotatable bonds is 3. The van der Waals surface area contributed by atoms with Crippen LogP contribution in [0.2, 0.25) is 5.15 Å². The third-order valence-corrected chi connectivity index (χ3v) is 3.72. The molecule has 0 saturated heterocycles. The minimum Gasteiger partial charge on any atom is -0.362 e. The van der Waals surface area contributed by atoms with Gasteiger partial charge < -0.3 is 5.32 Å². The summed E-state index contributed by atoms with van der Waals surface area (Å²) in [5.74, 6) is 0.726. The van der Waals surface area contributed by atoms with Crippen molar-refractivity contribution in [2.24, 2.45) is 0 Å². The minimum absolute atomic E-state index is 0.0660. The van der Waals surface area contributed by atoms with Gasteiger partial charge in [-0.05, 0) is 49.6 Å². The maximum atomic E-state index is 8.80. The number of hydrogen-bond donors (Lipinski definition) is 1. The predicted octanol–water partition coefficient (Wildman–Crippen LogP) is 3.79. The highest BCUT2D eigenvalue weighted by Crippen LogP contribution is 2.24. The van der Waals surface area contributed by atoms with E-state index in [4.69, 9.17) is 16.9 Å². The molecule has 0 saturated carbocycles. The molecule has 1 heterocycles. The Kier molecular flexibility index (Phi) is 4.21. The van der Waals surface area contributed by atoms with Crippen LogP contribution in [-0.4, -0.2) is 10.2 Å². The smallest absolute Gasteiger partial charge is 0.155 e. The van der Waals surface area contributed by atoms with Crippen molar-refractivity contribution in [1.29, 1.82) is 5.26 Å². The van der Waals surface area contributed by atoms with Crippen LogP contribution in [0.25, 0.3) is 0 Å². The topological polar surface area (TPSA) is 61.6 Å². The lowest BCUT2D eigenvalue weighted by Crippen LogP contribution is -2.10. The first-order valence-corrected chi connectivity index (χ1v) is 6.66. The standard InChI is InChI=1S/C15H15ClN4/c1-9-10(2)15(20-19-14(9)16)18-11(3)13-6-4-12(8-17)5-7-13/h4-7,11H,1-3H3,(H,18,20). The summed E-state index contributed by atoms with van der Waals surface area (Å²) in [4.78, 5) is 0. The van der Waals surface area contributed by atoms with E-state index in [-0.39, 0.29) is 6.04 Å². The lowest BCUT2D eigenvalue weighted by molar-refractivity contribution is 0.853. The highest BCUT2D eigenvalue weighted by molar-refractivity contribution is 6.30. The Morgan fingerprint density at radius 2 is 1.80 bits per heavy atom. The third kappa shape index (κ3) is 2.89. The summed E-state index contributed by atoms with van der Waals surface area (Å²) in [7, 11) is 0. The second-order valence-corrected chi connectivity index (χ2v) is 5.05. The predicted molar refractivity (Wildman–Crippen MR) is 79.7 cm³/mol. The molecule has 0 aliphatic heterocycles. The van der Waals surface area contributed by atoms with Crippen molar-refractivity contribution in [1.82, 2.24) is 10.2 Å². The molecule has 4 nitrogen and oxygen atoms in total. The molecule has 0 aliphatic rings. The lowest BCUT2D eigenvalue weighted by Gasteiger charge is -2.17. The van der Waals surface area contributed by atoms with E-state index in [1.807, 2.05) is 32.9 Å². The zero-order valence-corrected chi connectivity index (χ0v) is 12.4. The molecule has 0 fully saturated rings. The molecule has 0 amide bonds. The van der Waals surface area contributed by atoms with E-state index in [2.05, 4.69) is 21.6 Å². The average Bonchev–Trinajstić information content (AvgIpc) is 2.48. The van der Waals surface area contributed by atoms with E-state index >= 15 is 0 Å². The third-order valence-electron chi connectivity index (χ3n) is 3.36. The molecule has 1 aromatic heterocycles. The average molecular weight is 287 g/mol. The number of halogens is 1. The molecular weight excluding hydrogens is 272 g/mol. The SMILES string of the molecule is Cc1c(Cl)nnc(NC(C)c2ccc(C#N)cc2)c1C. The van der Waals surface area contributed by atoms with E-state index in [0.29, 0.717) is 10.7 Å². The fourth-order valence-electron chi connectivity index (χ4n) is 1.85. The zero-order chi connectivity index (χ0) is 14.7. The first kappa shape index (κ1) is 14.3. The first-order chi connectivity index (χ1) is 9.52. The highest BCUT2D eigenvalue weighted by Gasteiger charge is 2.11. The summed E-state index contributed by atoms with van der Waals surface area (Å²) in [5.41, 5.74) is 3.65. The second-order valence-electron chi connectivity index (χ2n) is 4.69. The van der Waals surface area contributed by atoms with Crippen LogP contribution in [-0.2, 0) is 0 Å². The van der Waals surface area contributed by atoms with Crippen LogP contribution in [0.4, 0.5) is 5.82 Å². The van der Waals surface area contributed by atoms with Crippen molar-refractivity contribution in [2.45, 2.75) is 26.8 Å². The van der Waals surface area contributed by atoms with E-state index < -0.39 is 0 Å². The quantitative estimate of drug-likeness (QED) is 0.932. The fraction of sp³-hybridized carbons (Fsp3) is 0.267. The number of anilines is 1. The molecule has 2 rings (SSSR count). The lowest BCUT2D eigenvalue weighted by atomic mass is 10.1. The minimum atomic E-state index is 0.0660. The van der Waals surface area contributed by atoms with E-state index in [1.165, 1.54) is 0 Å². The van der Waals surface area contributed by atoms with Gasteiger partial charge in [-0.2, -0.15) is 5.26 Å². The number of benzene rings is 1. The van der Waals surface area contributed by atoms with Crippen LogP contribution in [0.15, 0.2) is 24.3 Å². The van der Waals surface area contributed by atoms with Crippen LogP contribution in [0, 0.1) is 25.2 Å². The maximum absolute atomic E-state index is 8.80. The molecule has 20 heavy (non-hydrogen) atoms. The van der Waals surface area contributed by atoms with Gasteiger partial charge in [0.2, 0.25) is 0 Å². The monoisotopic (exact) mass is 286 g/mol.